The highest BCUT2D eigenvalue weighted by Gasteiger charge is 2.34. The zero-order valence-electron chi connectivity index (χ0n) is 15.7. The van der Waals surface area contributed by atoms with Crippen molar-refractivity contribution in [3.63, 3.8) is 0 Å². The first kappa shape index (κ1) is 17.8. The lowest BCUT2D eigenvalue weighted by Crippen LogP contribution is -2.26. The fraction of sp³-hybridized carbons (Fsp3) is 0.478. The molecule has 0 unspecified atom stereocenters. The SMILES string of the molecule is CC(C)(Cc1ccccc1)c1cc(O)c(C2(C)CCCCC2)cc1O. The van der Waals surface area contributed by atoms with E-state index in [2.05, 4.69) is 32.9 Å². The molecule has 0 heterocycles. The summed E-state index contributed by atoms with van der Waals surface area (Å²) in [5.41, 5.74) is 2.67. The van der Waals surface area contributed by atoms with E-state index < -0.39 is 0 Å². The Morgan fingerprint density at radius 3 is 2.20 bits per heavy atom. The van der Waals surface area contributed by atoms with E-state index in [1.807, 2.05) is 24.3 Å². The minimum absolute atomic E-state index is 0.0259. The molecule has 0 radical (unpaired) electrons. The number of hydrogen-bond donors (Lipinski definition) is 2. The van der Waals surface area contributed by atoms with Gasteiger partial charge in [-0.25, -0.2) is 0 Å². The number of rotatable bonds is 4. The van der Waals surface area contributed by atoms with Gasteiger partial charge in [-0.05, 0) is 47.8 Å². The predicted octanol–water partition coefficient (Wildman–Crippen LogP) is 5.84. The number of hydrogen-bond acceptors (Lipinski definition) is 2. The van der Waals surface area contributed by atoms with Gasteiger partial charge in [-0.2, -0.15) is 0 Å². The molecule has 2 N–H and O–H groups in total. The van der Waals surface area contributed by atoms with Gasteiger partial charge in [0.2, 0.25) is 0 Å². The Kier molecular flexibility index (Phi) is 4.81. The van der Waals surface area contributed by atoms with E-state index in [0.717, 1.165) is 30.4 Å². The summed E-state index contributed by atoms with van der Waals surface area (Å²) in [6, 6.07) is 13.9. The van der Waals surface area contributed by atoms with Gasteiger partial charge in [-0.1, -0.05) is 70.4 Å². The van der Waals surface area contributed by atoms with Crippen LogP contribution in [0.4, 0.5) is 0 Å². The summed E-state index contributed by atoms with van der Waals surface area (Å²) in [5, 5.41) is 21.5. The maximum atomic E-state index is 10.8. The molecular formula is C23H30O2. The monoisotopic (exact) mass is 338 g/mol. The molecule has 134 valence electrons. The number of phenols is 2. The molecular weight excluding hydrogens is 308 g/mol. The van der Waals surface area contributed by atoms with E-state index >= 15 is 0 Å². The summed E-state index contributed by atoms with van der Waals surface area (Å²) in [4.78, 5) is 0. The van der Waals surface area contributed by atoms with Gasteiger partial charge < -0.3 is 10.2 Å². The van der Waals surface area contributed by atoms with Gasteiger partial charge in [0.05, 0.1) is 0 Å². The average molecular weight is 338 g/mol. The highest BCUT2D eigenvalue weighted by atomic mass is 16.3. The zero-order chi connectivity index (χ0) is 18.1. The van der Waals surface area contributed by atoms with Crippen LogP contribution >= 0.6 is 0 Å². The topological polar surface area (TPSA) is 40.5 Å². The Labute approximate surface area is 151 Å². The number of aromatic hydroxyl groups is 2. The molecule has 1 aliphatic rings. The van der Waals surface area contributed by atoms with Crippen molar-refractivity contribution in [2.45, 2.75) is 70.1 Å². The summed E-state index contributed by atoms with van der Waals surface area (Å²) in [6.45, 7) is 6.46. The van der Waals surface area contributed by atoms with Crippen molar-refractivity contribution in [1.29, 1.82) is 0 Å². The number of benzene rings is 2. The molecule has 25 heavy (non-hydrogen) atoms. The summed E-state index contributed by atoms with van der Waals surface area (Å²) in [6.07, 6.45) is 6.62. The quantitative estimate of drug-likeness (QED) is 0.688. The van der Waals surface area contributed by atoms with Crippen LogP contribution in [0.2, 0.25) is 0 Å². The van der Waals surface area contributed by atoms with E-state index in [-0.39, 0.29) is 10.8 Å². The molecule has 0 spiro atoms. The van der Waals surface area contributed by atoms with Gasteiger partial charge in [0.15, 0.2) is 0 Å². The third-order valence-corrected chi connectivity index (χ3v) is 5.94. The Balaban J connectivity index is 1.94. The standard InChI is InChI=1S/C23H30O2/c1-22(2,16-17-10-6-4-7-11-17)18-14-21(25)19(15-20(18)24)23(3)12-8-5-9-13-23/h4,6-7,10-11,14-15,24-25H,5,8-9,12-13,16H2,1-3H3. The first-order valence-corrected chi connectivity index (χ1v) is 9.43. The van der Waals surface area contributed by atoms with E-state index in [0.29, 0.717) is 11.5 Å². The van der Waals surface area contributed by atoms with Gasteiger partial charge in [0.25, 0.3) is 0 Å². The molecule has 1 aliphatic carbocycles. The normalized spacial score (nSPS) is 17.4. The van der Waals surface area contributed by atoms with E-state index in [9.17, 15) is 10.2 Å². The van der Waals surface area contributed by atoms with Crippen LogP contribution in [0.3, 0.4) is 0 Å². The summed E-state index contributed by atoms with van der Waals surface area (Å²) in [5.74, 6) is 0.638. The molecule has 0 saturated heterocycles. The molecule has 0 aromatic heterocycles. The summed E-state index contributed by atoms with van der Waals surface area (Å²) >= 11 is 0. The summed E-state index contributed by atoms with van der Waals surface area (Å²) < 4.78 is 0. The first-order chi connectivity index (χ1) is 11.8. The van der Waals surface area contributed by atoms with Crippen LogP contribution in [0.15, 0.2) is 42.5 Å². The Bertz CT molecular complexity index is 725. The third kappa shape index (κ3) is 3.68. The lowest BCUT2D eigenvalue weighted by Gasteiger charge is -2.36. The highest BCUT2D eigenvalue weighted by molar-refractivity contribution is 5.51. The molecule has 0 bridgehead atoms. The Morgan fingerprint density at radius 2 is 1.56 bits per heavy atom. The van der Waals surface area contributed by atoms with Crippen LogP contribution < -0.4 is 0 Å². The van der Waals surface area contributed by atoms with Crippen LogP contribution in [0.5, 0.6) is 11.5 Å². The lowest BCUT2D eigenvalue weighted by atomic mass is 9.69. The van der Waals surface area contributed by atoms with Crippen LogP contribution in [0.1, 0.15) is 69.6 Å². The maximum Gasteiger partial charge on any atom is 0.119 e. The summed E-state index contributed by atoms with van der Waals surface area (Å²) in [7, 11) is 0. The minimum atomic E-state index is -0.255. The molecule has 1 fully saturated rings. The molecule has 2 aromatic rings. The molecule has 0 atom stereocenters. The molecule has 2 nitrogen and oxygen atoms in total. The minimum Gasteiger partial charge on any atom is -0.508 e. The molecule has 0 aliphatic heterocycles. The second kappa shape index (κ2) is 6.74. The van der Waals surface area contributed by atoms with Gasteiger partial charge in [-0.15, -0.1) is 0 Å². The Hall–Kier alpha value is -1.96. The van der Waals surface area contributed by atoms with Crippen molar-refractivity contribution < 1.29 is 10.2 Å². The number of phenolic OH excluding ortho intramolecular Hbond substituents is 2. The second-order valence-electron chi connectivity index (χ2n) is 8.55. The molecule has 0 amide bonds. The van der Waals surface area contributed by atoms with Gasteiger partial charge in [0.1, 0.15) is 11.5 Å². The van der Waals surface area contributed by atoms with Crippen molar-refractivity contribution in [1.82, 2.24) is 0 Å². The van der Waals surface area contributed by atoms with Crippen LogP contribution in [-0.2, 0) is 17.3 Å². The predicted molar refractivity (Wildman–Crippen MR) is 103 cm³/mol. The average Bonchev–Trinajstić information content (AvgIpc) is 2.57. The van der Waals surface area contributed by atoms with Crippen LogP contribution in [0.25, 0.3) is 0 Å². The van der Waals surface area contributed by atoms with Crippen molar-refractivity contribution in [2.75, 3.05) is 0 Å². The maximum absolute atomic E-state index is 10.8. The first-order valence-electron chi connectivity index (χ1n) is 9.43. The molecule has 1 saturated carbocycles. The zero-order valence-corrected chi connectivity index (χ0v) is 15.7. The van der Waals surface area contributed by atoms with Crippen LogP contribution in [-0.4, -0.2) is 10.2 Å². The fourth-order valence-corrected chi connectivity index (χ4v) is 4.41. The van der Waals surface area contributed by atoms with Gasteiger partial charge in [-0.3, -0.25) is 0 Å². The largest absolute Gasteiger partial charge is 0.508 e. The van der Waals surface area contributed by atoms with Crippen molar-refractivity contribution in [2.24, 2.45) is 0 Å². The molecule has 3 rings (SSSR count). The van der Waals surface area contributed by atoms with E-state index in [1.165, 1.54) is 24.8 Å². The fourth-order valence-electron chi connectivity index (χ4n) is 4.41. The van der Waals surface area contributed by atoms with Crippen LogP contribution in [0, 0.1) is 0 Å². The van der Waals surface area contributed by atoms with E-state index in [1.54, 1.807) is 6.07 Å². The smallest absolute Gasteiger partial charge is 0.119 e. The lowest BCUT2D eigenvalue weighted by molar-refractivity contribution is 0.305. The van der Waals surface area contributed by atoms with E-state index in [4.69, 9.17) is 0 Å². The molecule has 2 aromatic carbocycles. The third-order valence-electron chi connectivity index (χ3n) is 5.94. The van der Waals surface area contributed by atoms with Gasteiger partial charge >= 0.3 is 0 Å². The van der Waals surface area contributed by atoms with Crippen molar-refractivity contribution >= 4 is 0 Å². The van der Waals surface area contributed by atoms with Crippen molar-refractivity contribution in [3.05, 3.63) is 59.2 Å². The Morgan fingerprint density at radius 1 is 0.920 bits per heavy atom. The molecule has 2 heteroatoms. The van der Waals surface area contributed by atoms with Crippen molar-refractivity contribution in [3.8, 4) is 11.5 Å². The second-order valence-corrected chi connectivity index (χ2v) is 8.55. The van der Waals surface area contributed by atoms with Gasteiger partial charge in [0, 0.05) is 11.1 Å². The highest BCUT2D eigenvalue weighted by Crippen LogP contribution is 2.46.